The monoisotopic (exact) mass is 418 g/mol. The molecule has 146 valence electrons. The van der Waals surface area contributed by atoms with E-state index in [2.05, 4.69) is 0 Å². The summed E-state index contributed by atoms with van der Waals surface area (Å²) in [6, 6.07) is 38.5. The van der Waals surface area contributed by atoms with E-state index < -0.39 is 14.9 Å². The van der Waals surface area contributed by atoms with Crippen molar-refractivity contribution < 1.29 is 9.13 Å². The summed E-state index contributed by atoms with van der Waals surface area (Å²) in [5.41, 5.74) is 0. The lowest BCUT2D eigenvalue weighted by molar-refractivity contribution is 0.590. The molecule has 0 amide bonds. The van der Waals surface area contributed by atoms with Crippen molar-refractivity contribution in [3.05, 3.63) is 121 Å². The topological polar surface area (TPSA) is 34.1 Å². The van der Waals surface area contributed by atoms with Gasteiger partial charge in [0.2, 0.25) is 0 Å². The normalized spacial score (nSPS) is 10.8. The first-order valence-electron chi connectivity index (χ1n) is 9.42. The molecule has 0 atom stereocenters. The maximum Gasteiger partial charge on any atom is 0.140 e. The standard InChI is InChI=1S/C13H13OP.C12H11OP/c1-15(14,12-8-4-2-5-9-12)13-10-6-3-7-11-13;13-14(11-7-3-1-4-8-11)12-9-5-2-6-10-12/h2-11H,1H3;1-10,14H. The first kappa shape index (κ1) is 21.1. The predicted octanol–water partition coefficient (Wildman–Crippen LogP) is 4.83. The molecule has 0 N–H and O–H groups in total. The van der Waals surface area contributed by atoms with Crippen molar-refractivity contribution in [2.24, 2.45) is 0 Å². The van der Waals surface area contributed by atoms with Gasteiger partial charge in [-0.1, -0.05) is 121 Å². The fourth-order valence-electron chi connectivity index (χ4n) is 2.92. The number of hydrogen-bond acceptors (Lipinski definition) is 2. The third kappa shape index (κ3) is 5.67. The van der Waals surface area contributed by atoms with Crippen molar-refractivity contribution in [3.63, 3.8) is 0 Å². The molecule has 4 aromatic carbocycles. The van der Waals surface area contributed by atoms with Crippen LogP contribution in [-0.2, 0) is 9.13 Å². The molecule has 2 nitrogen and oxygen atoms in total. The molecule has 0 spiro atoms. The largest absolute Gasteiger partial charge is 0.317 e. The van der Waals surface area contributed by atoms with Crippen LogP contribution in [0.5, 0.6) is 0 Å². The first-order valence-corrected chi connectivity index (χ1v) is 13.0. The lowest BCUT2D eigenvalue weighted by Crippen LogP contribution is -2.14. The summed E-state index contributed by atoms with van der Waals surface area (Å²) >= 11 is 0. The molecular weight excluding hydrogens is 394 g/mol. The number of rotatable bonds is 4. The summed E-state index contributed by atoms with van der Waals surface area (Å²) in [4.78, 5) is 0. The molecule has 29 heavy (non-hydrogen) atoms. The average Bonchev–Trinajstić information content (AvgIpc) is 2.81. The molecule has 0 saturated carbocycles. The highest BCUT2D eigenvalue weighted by atomic mass is 31.2. The highest BCUT2D eigenvalue weighted by Gasteiger charge is 2.19. The SMILES string of the molecule is CP(=O)(c1ccccc1)c1ccccc1.O=[PH](c1ccccc1)c1ccccc1. The Morgan fingerprint density at radius 1 is 0.517 bits per heavy atom. The molecule has 0 unspecified atom stereocenters. The van der Waals surface area contributed by atoms with Gasteiger partial charge in [0.15, 0.2) is 0 Å². The van der Waals surface area contributed by atoms with E-state index in [1.54, 1.807) is 0 Å². The molecule has 0 aliphatic heterocycles. The summed E-state index contributed by atoms with van der Waals surface area (Å²) in [5.74, 6) is 0. The van der Waals surface area contributed by atoms with E-state index in [9.17, 15) is 9.13 Å². The van der Waals surface area contributed by atoms with Gasteiger partial charge in [-0.2, -0.15) is 0 Å². The Morgan fingerprint density at radius 3 is 1.10 bits per heavy atom. The van der Waals surface area contributed by atoms with E-state index >= 15 is 0 Å². The van der Waals surface area contributed by atoms with Crippen molar-refractivity contribution >= 4 is 36.2 Å². The molecule has 4 rings (SSSR count). The van der Waals surface area contributed by atoms with Crippen molar-refractivity contribution in [2.75, 3.05) is 6.66 Å². The summed E-state index contributed by atoms with van der Waals surface area (Å²) in [6.45, 7) is 1.82. The van der Waals surface area contributed by atoms with Gasteiger partial charge in [-0.3, -0.25) is 0 Å². The van der Waals surface area contributed by atoms with Crippen LogP contribution in [0.3, 0.4) is 0 Å². The van der Waals surface area contributed by atoms with Crippen LogP contribution in [0.15, 0.2) is 121 Å². The van der Waals surface area contributed by atoms with Crippen molar-refractivity contribution in [3.8, 4) is 0 Å². The Labute approximate surface area is 173 Å². The first-order chi connectivity index (χ1) is 14.1. The maximum atomic E-state index is 12.6. The quantitative estimate of drug-likeness (QED) is 0.445. The minimum Gasteiger partial charge on any atom is -0.317 e. The molecular formula is C25H24O2P2. The summed E-state index contributed by atoms with van der Waals surface area (Å²) in [7, 11) is -4.19. The molecule has 0 aliphatic carbocycles. The van der Waals surface area contributed by atoms with Crippen LogP contribution in [0.4, 0.5) is 0 Å². The lowest BCUT2D eigenvalue weighted by atomic mass is 10.4. The van der Waals surface area contributed by atoms with E-state index in [1.807, 2.05) is 128 Å². The van der Waals surface area contributed by atoms with Crippen LogP contribution in [0.25, 0.3) is 0 Å². The fraction of sp³-hybridized carbons (Fsp3) is 0.0400. The van der Waals surface area contributed by atoms with Crippen LogP contribution < -0.4 is 21.2 Å². The van der Waals surface area contributed by atoms with Gasteiger partial charge in [0.1, 0.15) is 14.9 Å². The Bertz CT molecular complexity index is 996. The zero-order chi connectivity index (χ0) is 20.5. The third-order valence-electron chi connectivity index (χ3n) is 4.57. The minimum atomic E-state index is -2.40. The van der Waals surface area contributed by atoms with Gasteiger partial charge in [-0.05, 0) is 6.66 Å². The van der Waals surface area contributed by atoms with Crippen LogP contribution in [0.1, 0.15) is 0 Å². The summed E-state index contributed by atoms with van der Waals surface area (Å²) < 4.78 is 24.6. The molecule has 0 bridgehead atoms. The van der Waals surface area contributed by atoms with Crippen molar-refractivity contribution in [1.29, 1.82) is 0 Å². The fourth-order valence-corrected chi connectivity index (χ4v) is 6.02. The van der Waals surface area contributed by atoms with E-state index in [0.29, 0.717) is 0 Å². The molecule has 0 aliphatic rings. The van der Waals surface area contributed by atoms with Gasteiger partial charge >= 0.3 is 0 Å². The van der Waals surface area contributed by atoms with E-state index in [1.165, 1.54) is 0 Å². The van der Waals surface area contributed by atoms with Gasteiger partial charge in [-0.25, -0.2) is 0 Å². The Balaban J connectivity index is 0.000000166. The van der Waals surface area contributed by atoms with E-state index in [4.69, 9.17) is 0 Å². The number of benzene rings is 4. The van der Waals surface area contributed by atoms with Crippen LogP contribution in [-0.4, -0.2) is 6.66 Å². The van der Waals surface area contributed by atoms with Crippen molar-refractivity contribution in [2.45, 2.75) is 0 Å². The Morgan fingerprint density at radius 2 is 0.793 bits per heavy atom. The predicted molar refractivity (Wildman–Crippen MR) is 127 cm³/mol. The minimum absolute atomic E-state index is 0.913. The zero-order valence-corrected chi connectivity index (χ0v) is 18.2. The highest BCUT2D eigenvalue weighted by molar-refractivity contribution is 7.78. The van der Waals surface area contributed by atoms with Gasteiger partial charge in [0.05, 0.1) is 0 Å². The van der Waals surface area contributed by atoms with E-state index in [0.717, 1.165) is 21.2 Å². The molecule has 0 saturated heterocycles. The van der Waals surface area contributed by atoms with E-state index in [-0.39, 0.29) is 0 Å². The lowest BCUT2D eigenvalue weighted by Gasteiger charge is -2.13. The molecule has 4 aromatic rings. The third-order valence-corrected chi connectivity index (χ3v) is 8.85. The van der Waals surface area contributed by atoms with Gasteiger partial charge in [0.25, 0.3) is 0 Å². The van der Waals surface area contributed by atoms with Gasteiger partial charge in [0, 0.05) is 21.2 Å². The maximum absolute atomic E-state index is 12.6. The van der Waals surface area contributed by atoms with Crippen molar-refractivity contribution in [1.82, 2.24) is 0 Å². The van der Waals surface area contributed by atoms with Crippen LogP contribution in [0.2, 0.25) is 0 Å². The molecule has 0 radical (unpaired) electrons. The van der Waals surface area contributed by atoms with Crippen LogP contribution in [0, 0.1) is 0 Å². The highest BCUT2D eigenvalue weighted by Crippen LogP contribution is 2.38. The Kier molecular flexibility index (Phi) is 7.42. The molecule has 0 heterocycles. The molecule has 0 aromatic heterocycles. The second-order valence-corrected chi connectivity index (χ2v) is 11.4. The van der Waals surface area contributed by atoms with Gasteiger partial charge in [-0.15, -0.1) is 0 Å². The second kappa shape index (κ2) is 10.2. The number of hydrogen-bond donors (Lipinski definition) is 0. The summed E-state index contributed by atoms with van der Waals surface area (Å²) in [6.07, 6.45) is 0. The average molecular weight is 418 g/mol. The zero-order valence-electron chi connectivity index (χ0n) is 16.3. The Hall–Kier alpha value is -2.66. The molecule has 4 heteroatoms. The summed E-state index contributed by atoms with van der Waals surface area (Å²) in [5, 5.41) is 3.67. The molecule has 0 fully saturated rings. The van der Waals surface area contributed by atoms with Gasteiger partial charge < -0.3 is 9.13 Å². The smallest absolute Gasteiger partial charge is 0.140 e. The second-order valence-electron chi connectivity index (χ2n) is 6.66. The van der Waals surface area contributed by atoms with Crippen LogP contribution >= 0.6 is 14.9 Å².